The number of rotatable bonds is 94. The van der Waals surface area contributed by atoms with Gasteiger partial charge in [-0.1, -0.05) is 421 Å². The number of allylic oxidation sites excluding steroid dienone is 30. The highest BCUT2D eigenvalue weighted by Gasteiger charge is 2.30. The third-order valence-electron chi connectivity index (χ3n) is 21.1. The van der Waals surface area contributed by atoms with E-state index in [1.807, 2.05) is 0 Å². The van der Waals surface area contributed by atoms with Gasteiger partial charge in [-0.3, -0.25) is 32.5 Å². The summed E-state index contributed by atoms with van der Waals surface area (Å²) in [4.78, 5) is 59.2. The Bertz CT molecular complexity index is 3000. The van der Waals surface area contributed by atoms with Crippen molar-refractivity contribution in [1.82, 2.24) is 0 Å². The number of unbranched alkanes of at least 4 members (excludes halogenated alkanes) is 41. The molecule has 0 rings (SSSR count). The number of carbonyl (C=O) groups excluding carboxylic acids is 3. The van der Waals surface area contributed by atoms with Crippen molar-refractivity contribution in [3.05, 3.63) is 182 Å². The molecule has 0 aromatic rings. The topological polar surface area (TPSA) is 231 Å². The Morgan fingerprint density at radius 2 is 0.424 bits per heavy atom. The number of ether oxygens (including phenoxy) is 3. The molecule has 0 aliphatic heterocycles. The second-order valence-corrected chi connectivity index (χ2v) is 36.1. The van der Waals surface area contributed by atoms with Gasteiger partial charge in [0.2, 0.25) is 0 Å². The number of hydrogen-bond donors (Lipinski definition) is 4. The van der Waals surface area contributed by atoms with Crippen LogP contribution in [0.5, 0.6) is 0 Å². The van der Waals surface area contributed by atoms with Crippen molar-refractivity contribution in [2.75, 3.05) is 39.6 Å². The van der Waals surface area contributed by atoms with Crippen molar-refractivity contribution < 1.29 is 75.8 Å². The van der Waals surface area contributed by atoms with E-state index >= 15 is 0 Å². The second-order valence-electron chi connectivity index (χ2n) is 33.2. The molecule has 0 saturated carbocycles. The molecular weight excluding hydrogens is 1600 g/mol. The van der Waals surface area contributed by atoms with Crippen LogP contribution in [0.3, 0.4) is 0 Å². The number of carbonyl (C=O) groups is 3. The lowest BCUT2D eigenvalue weighted by Gasteiger charge is -2.21. The first-order valence-electron chi connectivity index (χ1n) is 50.1. The van der Waals surface area contributed by atoms with Crippen LogP contribution in [0.15, 0.2) is 182 Å². The molecule has 0 amide bonds. The first-order valence-corrected chi connectivity index (χ1v) is 53.1. The zero-order chi connectivity index (χ0) is 90.7. The summed E-state index contributed by atoms with van der Waals surface area (Å²) in [6, 6.07) is 0. The Morgan fingerprint density at radius 3 is 0.672 bits per heavy atom. The Balaban J connectivity index is 4.57. The largest absolute Gasteiger partial charge is 0.472 e. The van der Waals surface area contributed by atoms with Crippen LogP contribution in [0.4, 0.5) is 0 Å². The van der Waals surface area contributed by atoms with E-state index in [0.29, 0.717) is 19.3 Å². The van der Waals surface area contributed by atoms with E-state index in [4.69, 9.17) is 32.3 Å². The number of phosphoric acid groups is 2. The minimum Gasteiger partial charge on any atom is -0.463 e. The van der Waals surface area contributed by atoms with E-state index in [0.717, 1.165) is 173 Å². The third kappa shape index (κ3) is 99.1. The number of aliphatic hydroxyl groups is 2. The van der Waals surface area contributed by atoms with Gasteiger partial charge in [0.25, 0.3) is 0 Å². The minimum atomic E-state index is -4.95. The Morgan fingerprint density at radius 1 is 0.232 bits per heavy atom. The van der Waals surface area contributed by atoms with Crippen LogP contribution in [0, 0.1) is 0 Å². The fourth-order valence-electron chi connectivity index (χ4n) is 13.6. The van der Waals surface area contributed by atoms with Crippen LogP contribution >= 0.6 is 15.6 Å². The number of aliphatic hydroxyl groups excluding tert-OH is 2. The van der Waals surface area contributed by atoms with Gasteiger partial charge in [0.05, 0.1) is 26.4 Å². The Hall–Kier alpha value is -5.35. The summed E-state index contributed by atoms with van der Waals surface area (Å²) in [7, 11) is -9.82. The zero-order valence-corrected chi connectivity index (χ0v) is 81.0. The maximum absolute atomic E-state index is 13.1. The van der Waals surface area contributed by atoms with E-state index < -0.39 is 91.5 Å². The average Bonchev–Trinajstić information content (AvgIpc) is 0.902. The summed E-state index contributed by atoms with van der Waals surface area (Å²) in [6.45, 7) is 2.47. The maximum Gasteiger partial charge on any atom is 0.472 e. The predicted octanol–water partition coefficient (Wildman–Crippen LogP) is 31.6. The molecule has 5 unspecified atom stereocenters. The van der Waals surface area contributed by atoms with E-state index in [9.17, 15) is 43.5 Å². The van der Waals surface area contributed by atoms with Gasteiger partial charge in [-0.15, -0.1) is 0 Å². The molecule has 0 aromatic heterocycles. The molecule has 0 saturated heterocycles. The molecule has 716 valence electrons. The number of phosphoric ester groups is 2. The average molecular weight is 1790 g/mol. The fraction of sp³-hybridized carbons (Fsp3) is 0.692. The van der Waals surface area contributed by atoms with Crippen LogP contribution in [-0.2, 0) is 55.8 Å². The molecule has 16 nitrogen and oxygen atoms in total. The molecular formula is C107H182O16P2. The first-order chi connectivity index (χ1) is 61.2. The van der Waals surface area contributed by atoms with Crippen molar-refractivity contribution in [2.24, 2.45) is 0 Å². The van der Waals surface area contributed by atoms with Gasteiger partial charge in [0.1, 0.15) is 25.4 Å². The van der Waals surface area contributed by atoms with Crippen LogP contribution < -0.4 is 0 Å². The van der Waals surface area contributed by atoms with Gasteiger partial charge in [0.15, 0.2) is 6.10 Å². The lowest BCUT2D eigenvalue weighted by atomic mass is 10.0. The maximum atomic E-state index is 13.1. The Labute approximate surface area is 764 Å². The minimum absolute atomic E-state index is 0.0880. The van der Waals surface area contributed by atoms with Gasteiger partial charge >= 0.3 is 33.6 Å². The van der Waals surface area contributed by atoms with Gasteiger partial charge in [-0.05, 0) is 161 Å². The summed E-state index contributed by atoms with van der Waals surface area (Å²) in [5.41, 5.74) is 0. The molecule has 125 heavy (non-hydrogen) atoms. The summed E-state index contributed by atoms with van der Waals surface area (Å²) in [5, 5.41) is 20.8. The monoisotopic (exact) mass is 1790 g/mol. The SMILES string of the molecule is CC/C=C\C/C=C\C/C=C\C/C=C\C/C=C\C/C=C\CCCCCCCCCCCCCCCCCCC(=O)OCC(O)COP(=O)(O)OCC(O)COP(=O)(O)OCC(COC(=O)CCCCCCCCCCCCCCCCC/C=C\C/C=C\C/C=C\C/C=C\CCCCC)OC(=O)CCCCCCCCC/C=C\C/C=C\C/C=C\C/C=C\C/C=C\CC. The van der Waals surface area contributed by atoms with E-state index in [-0.39, 0.29) is 19.3 Å². The van der Waals surface area contributed by atoms with Gasteiger partial charge in [-0.2, -0.15) is 0 Å². The summed E-state index contributed by atoms with van der Waals surface area (Å²) in [6.07, 6.45) is 129. The third-order valence-corrected chi connectivity index (χ3v) is 23.0. The number of hydrogen-bond acceptors (Lipinski definition) is 14. The molecule has 0 fully saturated rings. The quantitative estimate of drug-likeness (QED) is 0.0146. The molecule has 0 bridgehead atoms. The van der Waals surface area contributed by atoms with Crippen LogP contribution in [0.2, 0.25) is 0 Å². The normalized spacial score (nSPS) is 14.5. The van der Waals surface area contributed by atoms with Crippen molar-refractivity contribution in [2.45, 2.75) is 437 Å². The predicted molar refractivity (Wildman–Crippen MR) is 528 cm³/mol. The Kier molecular flexibility index (Phi) is 93.5. The molecule has 0 radical (unpaired) electrons. The number of esters is 3. The standard InChI is InChI=1S/C107H182O16P2/c1-4-7-10-13-16-19-22-25-28-31-34-37-40-42-44-46-48-49-50-51-53-55-56-58-61-63-66-69-72-75-78-81-84-87-90-93-105(110)117-96-102(108)97-119-124(113,114)120-98-103(109)99-121-125(115,116)122-101-104(123-107(112)95-92-89-86-83-80-77-74-71-68-65-60-39-36-33-30-27-24-21-18-15-12-9-6-3)100-118-106(111)94-91-88-85-82-79-76-73-70-67-64-62-59-57-54-52-47-45-43-41-38-35-32-29-26-23-20-17-14-11-8-5-2/h7,9-10,12,16-21,25-30,34-39,42-45,48-49,65,68,102-104,108-109H,4-6,8,11,13-15,22-24,31-33,40-41,46-47,50-64,66-67,69-101H2,1-3H3,(H,113,114)(H,115,116)/b10-7-,12-9-,19-16-,20-17-,21-18-,28-25-,29-26-,30-27-,37-34-,38-35-,39-36-,44-42-,45-43-,49-48-,68-65-. The summed E-state index contributed by atoms with van der Waals surface area (Å²) < 4.78 is 61.6. The van der Waals surface area contributed by atoms with Crippen LogP contribution in [0.1, 0.15) is 419 Å². The fourth-order valence-corrected chi connectivity index (χ4v) is 15.2. The second kappa shape index (κ2) is 97.7. The van der Waals surface area contributed by atoms with Crippen molar-refractivity contribution in [1.29, 1.82) is 0 Å². The van der Waals surface area contributed by atoms with Crippen LogP contribution in [0.25, 0.3) is 0 Å². The molecule has 0 aliphatic rings. The highest BCUT2D eigenvalue weighted by molar-refractivity contribution is 7.47. The zero-order valence-electron chi connectivity index (χ0n) is 79.2. The van der Waals surface area contributed by atoms with Gasteiger partial charge in [-0.25, -0.2) is 9.13 Å². The van der Waals surface area contributed by atoms with Crippen molar-refractivity contribution in [3.63, 3.8) is 0 Å². The summed E-state index contributed by atoms with van der Waals surface area (Å²) >= 11 is 0. The molecule has 0 heterocycles. The molecule has 0 aromatic carbocycles. The summed E-state index contributed by atoms with van der Waals surface area (Å²) in [5.74, 6) is -1.58. The molecule has 4 N–H and O–H groups in total. The van der Waals surface area contributed by atoms with E-state index in [1.165, 1.54) is 186 Å². The lowest BCUT2D eigenvalue weighted by molar-refractivity contribution is -0.161. The van der Waals surface area contributed by atoms with Crippen molar-refractivity contribution in [3.8, 4) is 0 Å². The molecule has 0 spiro atoms. The van der Waals surface area contributed by atoms with Gasteiger partial charge < -0.3 is 34.2 Å². The highest BCUT2D eigenvalue weighted by Crippen LogP contribution is 2.45. The van der Waals surface area contributed by atoms with Crippen molar-refractivity contribution >= 4 is 33.6 Å². The first kappa shape index (κ1) is 120. The van der Waals surface area contributed by atoms with E-state index in [1.54, 1.807) is 0 Å². The lowest BCUT2D eigenvalue weighted by Crippen LogP contribution is -2.30. The highest BCUT2D eigenvalue weighted by atomic mass is 31.2. The molecule has 18 heteroatoms. The van der Waals surface area contributed by atoms with Gasteiger partial charge in [0, 0.05) is 19.3 Å². The molecule has 5 atom stereocenters. The molecule has 0 aliphatic carbocycles. The van der Waals surface area contributed by atoms with E-state index in [2.05, 4.69) is 203 Å². The smallest absolute Gasteiger partial charge is 0.463 e. The van der Waals surface area contributed by atoms with Crippen LogP contribution in [-0.4, -0.2) is 95.9 Å².